The summed E-state index contributed by atoms with van der Waals surface area (Å²) in [6, 6.07) is 2.92. The molecule has 2 N–H and O–H groups in total. The lowest BCUT2D eigenvalue weighted by molar-refractivity contribution is -0.134. The lowest BCUT2D eigenvalue weighted by Crippen LogP contribution is -2.22. The molecule has 0 atom stereocenters. The monoisotopic (exact) mass is 246 g/mol. The second kappa shape index (κ2) is 4.79. The molecule has 0 fully saturated rings. The molecule has 88 valence electrons. The lowest BCUT2D eigenvalue weighted by Gasteiger charge is -2.08. The van der Waals surface area contributed by atoms with E-state index in [-0.39, 0.29) is 11.6 Å². The highest BCUT2D eigenvalue weighted by Gasteiger charge is 2.17. The molecule has 1 rings (SSSR count). The molecule has 0 aliphatic heterocycles. The van der Waals surface area contributed by atoms with Gasteiger partial charge in [0.2, 0.25) is 15.9 Å². The number of ether oxygens (including phenoxy) is 1. The van der Waals surface area contributed by atoms with Crippen LogP contribution in [0.5, 0.6) is 5.88 Å². The van der Waals surface area contributed by atoms with Crippen LogP contribution in [0.15, 0.2) is 18.3 Å². The van der Waals surface area contributed by atoms with E-state index in [1.807, 2.05) is 0 Å². The fourth-order valence-corrected chi connectivity index (χ4v) is 1.89. The molecule has 0 unspecified atom stereocenters. The van der Waals surface area contributed by atoms with Crippen molar-refractivity contribution in [3.05, 3.63) is 18.3 Å². The summed E-state index contributed by atoms with van der Waals surface area (Å²) in [5.41, 5.74) is 0.103. The summed E-state index contributed by atoms with van der Waals surface area (Å²) in [6.45, 7) is 0. The number of nitrogens with one attached hydrogen (secondary N) is 1. The van der Waals surface area contributed by atoms with Crippen LogP contribution >= 0.6 is 0 Å². The maximum atomic E-state index is 11.3. The molecule has 0 aromatic carbocycles. The van der Waals surface area contributed by atoms with Crippen molar-refractivity contribution in [3.63, 3.8) is 0 Å². The molecule has 16 heavy (non-hydrogen) atoms. The summed E-state index contributed by atoms with van der Waals surface area (Å²) in [5, 5.41) is 8.39. The van der Waals surface area contributed by atoms with E-state index >= 15 is 0 Å². The van der Waals surface area contributed by atoms with Gasteiger partial charge in [-0.1, -0.05) is 0 Å². The van der Waals surface area contributed by atoms with E-state index in [4.69, 9.17) is 9.84 Å². The highest BCUT2D eigenvalue weighted by atomic mass is 32.2. The van der Waals surface area contributed by atoms with Crippen molar-refractivity contribution in [1.82, 2.24) is 4.98 Å². The molecule has 0 saturated carbocycles. The Hall–Kier alpha value is -1.83. The first-order chi connectivity index (χ1) is 7.44. The van der Waals surface area contributed by atoms with Gasteiger partial charge >= 0.3 is 5.97 Å². The fourth-order valence-electron chi connectivity index (χ4n) is 0.997. The van der Waals surface area contributed by atoms with E-state index in [1.165, 1.54) is 25.4 Å². The van der Waals surface area contributed by atoms with Gasteiger partial charge in [0.25, 0.3) is 0 Å². The Balaban J connectivity index is 2.92. The van der Waals surface area contributed by atoms with Gasteiger partial charge in [0.05, 0.1) is 7.11 Å². The summed E-state index contributed by atoms with van der Waals surface area (Å²) < 4.78 is 29.5. The summed E-state index contributed by atoms with van der Waals surface area (Å²) in [5.74, 6) is -2.36. The Morgan fingerprint density at radius 2 is 2.31 bits per heavy atom. The molecule has 0 aliphatic carbocycles. The van der Waals surface area contributed by atoms with Crippen LogP contribution in [0.4, 0.5) is 5.69 Å². The number of anilines is 1. The van der Waals surface area contributed by atoms with E-state index in [0.29, 0.717) is 0 Å². The summed E-state index contributed by atoms with van der Waals surface area (Å²) >= 11 is 0. The molecule has 1 heterocycles. The highest BCUT2D eigenvalue weighted by Crippen LogP contribution is 2.20. The largest absolute Gasteiger partial charge is 0.480 e. The van der Waals surface area contributed by atoms with Crippen LogP contribution in [0.2, 0.25) is 0 Å². The first-order valence-corrected chi connectivity index (χ1v) is 5.81. The number of aliphatic carboxylic acids is 1. The Morgan fingerprint density at radius 3 is 2.88 bits per heavy atom. The lowest BCUT2D eigenvalue weighted by atomic mass is 10.4. The third-order valence-electron chi connectivity index (χ3n) is 1.54. The van der Waals surface area contributed by atoms with Crippen molar-refractivity contribution in [3.8, 4) is 5.88 Å². The molecule has 0 saturated heterocycles. The van der Waals surface area contributed by atoms with E-state index in [0.717, 1.165) is 0 Å². The minimum absolute atomic E-state index is 0.0801. The van der Waals surface area contributed by atoms with Crippen LogP contribution in [0.3, 0.4) is 0 Å². The van der Waals surface area contributed by atoms with Crippen LogP contribution in [0.25, 0.3) is 0 Å². The average Bonchev–Trinajstić information content (AvgIpc) is 2.15. The minimum Gasteiger partial charge on any atom is -0.480 e. The smallest absolute Gasteiger partial charge is 0.320 e. The zero-order valence-electron chi connectivity index (χ0n) is 8.37. The minimum atomic E-state index is -3.94. The SMILES string of the molecule is COc1ncccc1NS(=O)(=O)CC(=O)O. The molecule has 0 aliphatic rings. The quantitative estimate of drug-likeness (QED) is 0.752. The topological polar surface area (TPSA) is 106 Å². The van der Waals surface area contributed by atoms with Gasteiger partial charge < -0.3 is 9.84 Å². The van der Waals surface area contributed by atoms with Gasteiger partial charge in [-0.2, -0.15) is 0 Å². The molecular weight excluding hydrogens is 236 g/mol. The van der Waals surface area contributed by atoms with E-state index in [9.17, 15) is 13.2 Å². The van der Waals surface area contributed by atoms with Gasteiger partial charge in [-0.15, -0.1) is 0 Å². The number of nitrogens with zero attached hydrogens (tertiary/aromatic N) is 1. The second-order valence-corrected chi connectivity index (χ2v) is 4.54. The zero-order chi connectivity index (χ0) is 12.2. The number of carboxylic acids is 1. The maximum Gasteiger partial charge on any atom is 0.320 e. The fraction of sp³-hybridized carbons (Fsp3) is 0.250. The van der Waals surface area contributed by atoms with Crippen molar-refractivity contribution in [2.75, 3.05) is 17.6 Å². The van der Waals surface area contributed by atoms with Crippen molar-refractivity contribution in [2.24, 2.45) is 0 Å². The third kappa shape index (κ3) is 3.39. The van der Waals surface area contributed by atoms with Gasteiger partial charge in [0, 0.05) is 6.20 Å². The number of sulfonamides is 1. The first-order valence-electron chi connectivity index (χ1n) is 4.16. The normalized spacial score (nSPS) is 10.8. The number of rotatable bonds is 5. The Labute approximate surface area is 92.1 Å². The van der Waals surface area contributed by atoms with Gasteiger partial charge in [-0.3, -0.25) is 9.52 Å². The standard InChI is InChI=1S/C8H10N2O5S/c1-15-8-6(3-2-4-9-8)10-16(13,14)5-7(11)12/h2-4,10H,5H2,1H3,(H,11,12). The summed E-state index contributed by atoms with van der Waals surface area (Å²) in [4.78, 5) is 14.1. The molecule has 0 radical (unpaired) electrons. The first kappa shape index (κ1) is 12.2. The Bertz CT molecular complexity index is 485. The Morgan fingerprint density at radius 1 is 1.62 bits per heavy atom. The highest BCUT2D eigenvalue weighted by molar-refractivity contribution is 7.93. The Kier molecular flexibility index (Phi) is 3.67. The van der Waals surface area contributed by atoms with E-state index in [1.54, 1.807) is 0 Å². The zero-order valence-corrected chi connectivity index (χ0v) is 9.19. The van der Waals surface area contributed by atoms with Crippen molar-refractivity contribution < 1.29 is 23.1 Å². The molecule has 1 aromatic heterocycles. The second-order valence-electron chi connectivity index (χ2n) is 2.82. The van der Waals surface area contributed by atoms with E-state index in [2.05, 4.69) is 9.71 Å². The van der Waals surface area contributed by atoms with E-state index < -0.39 is 21.7 Å². The summed E-state index contributed by atoms with van der Waals surface area (Å²) in [7, 11) is -2.61. The number of carboxylic acid groups (broad SMARTS) is 1. The molecular formula is C8H10N2O5S. The number of aromatic nitrogens is 1. The molecule has 7 nitrogen and oxygen atoms in total. The number of pyridine rings is 1. The van der Waals surface area contributed by atoms with Gasteiger partial charge in [0.1, 0.15) is 5.69 Å². The van der Waals surface area contributed by atoms with Crippen LogP contribution in [0.1, 0.15) is 0 Å². The van der Waals surface area contributed by atoms with Crippen LogP contribution in [-0.2, 0) is 14.8 Å². The third-order valence-corrected chi connectivity index (χ3v) is 2.70. The molecule has 0 spiro atoms. The van der Waals surface area contributed by atoms with Crippen molar-refractivity contribution in [2.45, 2.75) is 0 Å². The molecule has 0 amide bonds. The number of methoxy groups -OCH3 is 1. The van der Waals surface area contributed by atoms with Crippen molar-refractivity contribution in [1.29, 1.82) is 0 Å². The molecule has 0 bridgehead atoms. The van der Waals surface area contributed by atoms with Crippen LogP contribution in [0, 0.1) is 0 Å². The van der Waals surface area contributed by atoms with Crippen LogP contribution < -0.4 is 9.46 Å². The van der Waals surface area contributed by atoms with Gasteiger partial charge in [-0.05, 0) is 12.1 Å². The number of hydrogen-bond donors (Lipinski definition) is 2. The predicted octanol–water partition coefficient (Wildman–Crippen LogP) is -0.0835. The molecule has 1 aromatic rings. The van der Waals surface area contributed by atoms with Gasteiger partial charge in [-0.25, -0.2) is 13.4 Å². The van der Waals surface area contributed by atoms with Crippen molar-refractivity contribution >= 4 is 21.7 Å². The average molecular weight is 246 g/mol. The predicted molar refractivity (Wildman–Crippen MR) is 55.8 cm³/mol. The van der Waals surface area contributed by atoms with Crippen LogP contribution in [-0.4, -0.2) is 37.3 Å². The van der Waals surface area contributed by atoms with Gasteiger partial charge in [0.15, 0.2) is 5.75 Å². The number of hydrogen-bond acceptors (Lipinski definition) is 5. The maximum absolute atomic E-state index is 11.3. The molecule has 8 heteroatoms. The summed E-state index contributed by atoms with van der Waals surface area (Å²) in [6.07, 6.45) is 1.42. The number of carbonyl (C=O) groups is 1.